The Bertz CT molecular complexity index is 474. The Kier molecular flexibility index (Phi) is 5.33. The van der Waals surface area contributed by atoms with Crippen molar-refractivity contribution in [2.24, 2.45) is 5.92 Å². The molecule has 1 N–H and O–H groups in total. The summed E-state index contributed by atoms with van der Waals surface area (Å²) in [5.41, 5.74) is 0. The first kappa shape index (κ1) is 15.3. The number of hydrogen-bond acceptors (Lipinski definition) is 3. The van der Waals surface area contributed by atoms with Crippen LogP contribution in [0, 0.1) is 5.92 Å². The van der Waals surface area contributed by atoms with Gasteiger partial charge in [0, 0.05) is 5.92 Å². The minimum absolute atomic E-state index is 0.00201. The topological polar surface area (TPSA) is 40.0 Å². The van der Waals surface area contributed by atoms with Gasteiger partial charge in [-0.15, -0.1) is 0 Å². The van der Waals surface area contributed by atoms with Crippen molar-refractivity contribution in [1.29, 1.82) is 0 Å². The van der Waals surface area contributed by atoms with E-state index in [0.717, 1.165) is 0 Å². The highest BCUT2D eigenvalue weighted by Gasteiger charge is 2.37. The summed E-state index contributed by atoms with van der Waals surface area (Å²) in [6.07, 6.45) is 6.42. The smallest absolute Gasteiger partial charge is 0.344 e. The third kappa shape index (κ3) is 4.01. The number of esters is 1. The van der Waals surface area contributed by atoms with Crippen molar-refractivity contribution in [2.45, 2.75) is 38.1 Å². The minimum atomic E-state index is -0.258. The van der Waals surface area contributed by atoms with E-state index < -0.39 is 0 Å². The average molecular weight is 304 g/mol. The molecule has 0 radical (unpaired) electrons. The molecule has 0 aliphatic carbocycles. The number of rotatable bonds is 5. The molecule has 0 aromatic heterocycles. The molecule has 4 heteroatoms. The van der Waals surface area contributed by atoms with Gasteiger partial charge in [-0.1, -0.05) is 18.2 Å². The Hall–Kier alpha value is -1.55. The molecule has 0 amide bonds. The van der Waals surface area contributed by atoms with Crippen molar-refractivity contribution in [1.82, 2.24) is 0 Å². The molecule has 2 fully saturated rings. The highest BCUT2D eigenvalue weighted by Crippen LogP contribution is 2.20. The number of benzene rings is 1. The van der Waals surface area contributed by atoms with Gasteiger partial charge < -0.3 is 14.4 Å². The molecule has 2 saturated heterocycles. The first-order valence-corrected chi connectivity index (χ1v) is 8.51. The third-order valence-electron chi connectivity index (χ3n) is 4.99. The molecule has 2 aliphatic heterocycles. The molecule has 22 heavy (non-hydrogen) atoms. The number of nitrogens with one attached hydrogen (secondary N) is 1. The maximum Gasteiger partial charge on any atom is 0.344 e. The zero-order valence-corrected chi connectivity index (χ0v) is 13.1. The lowest BCUT2D eigenvalue weighted by Crippen LogP contribution is -3.18. The van der Waals surface area contributed by atoms with Gasteiger partial charge in [-0.05, 0) is 44.2 Å². The number of piperidine rings is 2. The normalized spacial score (nSPS) is 27.7. The van der Waals surface area contributed by atoms with Gasteiger partial charge >= 0.3 is 5.97 Å². The number of quaternary nitrogens is 1. The van der Waals surface area contributed by atoms with Crippen LogP contribution in [-0.2, 0) is 9.53 Å². The highest BCUT2D eigenvalue weighted by atomic mass is 16.6. The van der Waals surface area contributed by atoms with E-state index in [4.69, 9.17) is 9.47 Å². The molecule has 3 atom stereocenters. The summed E-state index contributed by atoms with van der Waals surface area (Å²) in [5, 5.41) is 0. The van der Waals surface area contributed by atoms with E-state index in [2.05, 4.69) is 0 Å². The van der Waals surface area contributed by atoms with Crippen LogP contribution in [0.2, 0.25) is 0 Å². The molecular formula is C18H26NO3+. The fraction of sp³-hybridized carbons (Fsp3) is 0.611. The molecule has 1 aromatic carbocycles. The zero-order valence-electron chi connectivity index (χ0n) is 13.1. The van der Waals surface area contributed by atoms with Crippen molar-refractivity contribution in [2.75, 3.05) is 26.3 Å². The summed E-state index contributed by atoms with van der Waals surface area (Å²) in [5.74, 6) is 0.983. The van der Waals surface area contributed by atoms with Gasteiger partial charge in [-0.25, -0.2) is 4.79 Å². The lowest BCUT2D eigenvalue weighted by molar-refractivity contribution is -0.940. The monoisotopic (exact) mass is 304 g/mol. The number of ether oxygens (including phenoxy) is 2. The van der Waals surface area contributed by atoms with Gasteiger partial charge in [0.15, 0.2) is 6.61 Å². The fourth-order valence-electron chi connectivity index (χ4n) is 3.88. The zero-order chi connectivity index (χ0) is 15.2. The maximum absolute atomic E-state index is 11.9. The van der Waals surface area contributed by atoms with Crippen molar-refractivity contribution >= 4 is 5.97 Å². The molecule has 3 rings (SSSR count). The largest absolute Gasteiger partial charge is 0.482 e. The van der Waals surface area contributed by atoms with Crippen LogP contribution in [0.4, 0.5) is 0 Å². The van der Waals surface area contributed by atoms with Crippen LogP contribution < -0.4 is 9.64 Å². The summed E-state index contributed by atoms with van der Waals surface area (Å²) < 4.78 is 10.9. The predicted octanol–water partition coefficient (Wildman–Crippen LogP) is 1.46. The standard InChI is InChI=1S/C18H25NO3/c20-18(14-21-16-8-2-1-3-9-16)22-13-15-7-6-12-19-11-5-4-10-17(15)19/h1-3,8-9,15,17H,4-7,10-14H2/p+1/t15-,17+/m0/s1. The number of para-hydroxylation sites is 1. The summed E-state index contributed by atoms with van der Waals surface area (Å²) in [7, 11) is 0. The van der Waals surface area contributed by atoms with Crippen molar-refractivity contribution < 1.29 is 19.2 Å². The molecule has 2 aliphatic rings. The molecule has 4 nitrogen and oxygen atoms in total. The molecule has 0 bridgehead atoms. The first-order valence-electron chi connectivity index (χ1n) is 8.51. The van der Waals surface area contributed by atoms with Crippen LogP contribution in [0.3, 0.4) is 0 Å². The molecule has 1 aromatic rings. The number of hydrogen-bond donors (Lipinski definition) is 1. The molecule has 2 heterocycles. The minimum Gasteiger partial charge on any atom is -0.482 e. The second-order valence-electron chi connectivity index (χ2n) is 6.45. The second-order valence-corrected chi connectivity index (χ2v) is 6.45. The summed E-state index contributed by atoms with van der Waals surface area (Å²) >= 11 is 0. The quantitative estimate of drug-likeness (QED) is 0.837. The van der Waals surface area contributed by atoms with E-state index in [1.165, 1.54) is 45.2 Å². The lowest BCUT2D eigenvalue weighted by Gasteiger charge is -2.40. The Morgan fingerprint density at radius 2 is 1.91 bits per heavy atom. The maximum atomic E-state index is 11.9. The van der Waals surface area contributed by atoms with Gasteiger partial charge in [-0.2, -0.15) is 0 Å². The van der Waals surface area contributed by atoms with E-state index in [0.29, 0.717) is 24.3 Å². The van der Waals surface area contributed by atoms with Crippen LogP contribution in [0.5, 0.6) is 5.75 Å². The summed E-state index contributed by atoms with van der Waals surface area (Å²) in [4.78, 5) is 13.6. The first-order chi connectivity index (χ1) is 10.8. The van der Waals surface area contributed by atoms with Gasteiger partial charge in [0.2, 0.25) is 0 Å². The van der Waals surface area contributed by atoms with Crippen LogP contribution >= 0.6 is 0 Å². The third-order valence-corrected chi connectivity index (χ3v) is 4.99. The predicted molar refractivity (Wildman–Crippen MR) is 84.0 cm³/mol. The average Bonchev–Trinajstić information content (AvgIpc) is 2.59. The van der Waals surface area contributed by atoms with Gasteiger partial charge in [0.1, 0.15) is 5.75 Å². The highest BCUT2D eigenvalue weighted by molar-refractivity contribution is 5.71. The SMILES string of the molecule is O=C(COc1ccccc1)OC[C@@H]1CCC[NH+]2CCCC[C@H]12. The van der Waals surface area contributed by atoms with Gasteiger partial charge in [0.25, 0.3) is 0 Å². The molecule has 0 saturated carbocycles. The van der Waals surface area contributed by atoms with E-state index in [1.807, 2.05) is 30.3 Å². The summed E-state index contributed by atoms with van der Waals surface area (Å²) in [6.45, 7) is 3.15. The number of carbonyl (C=O) groups is 1. The van der Waals surface area contributed by atoms with Crippen LogP contribution in [0.15, 0.2) is 30.3 Å². The molecule has 0 spiro atoms. The molecule has 120 valence electrons. The molecule has 1 unspecified atom stereocenters. The van der Waals surface area contributed by atoms with Gasteiger partial charge in [0.05, 0.1) is 25.7 Å². The van der Waals surface area contributed by atoms with Gasteiger partial charge in [-0.3, -0.25) is 0 Å². The number of fused-ring (bicyclic) bond motifs is 1. The Morgan fingerprint density at radius 3 is 2.77 bits per heavy atom. The second kappa shape index (κ2) is 7.63. The van der Waals surface area contributed by atoms with Crippen LogP contribution in [0.1, 0.15) is 32.1 Å². The van der Waals surface area contributed by atoms with E-state index in [9.17, 15) is 4.79 Å². The van der Waals surface area contributed by atoms with Crippen molar-refractivity contribution in [3.8, 4) is 5.75 Å². The van der Waals surface area contributed by atoms with E-state index in [-0.39, 0.29) is 12.6 Å². The Morgan fingerprint density at radius 1 is 1.09 bits per heavy atom. The van der Waals surface area contributed by atoms with Crippen molar-refractivity contribution in [3.63, 3.8) is 0 Å². The van der Waals surface area contributed by atoms with Crippen LogP contribution in [-0.4, -0.2) is 38.3 Å². The van der Waals surface area contributed by atoms with Crippen LogP contribution in [0.25, 0.3) is 0 Å². The fourth-order valence-corrected chi connectivity index (χ4v) is 3.88. The summed E-state index contributed by atoms with van der Waals surface area (Å²) in [6, 6.07) is 10.1. The van der Waals surface area contributed by atoms with E-state index >= 15 is 0 Å². The Balaban J connectivity index is 1.42. The molecular weight excluding hydrogens is 278 g/mol. The Labute approximate surface area is 132 Å². The lowest BCUT2D eigenvalue weighted by atomic mass is 9.84. The van der Waals surface area contributed by atoms with E-state index in [1.54, 1.807) is 4.90 Å². The number of carbonyl (C=O) groups excluding carboxylic acids is 1. The van der Waals surface area contributed by atoms with Crippen molar-refractivity contribution in [3.05, 3.63) is 30.3 Å².